The van der Waals surface area contributed by atoms with Crippen LogP contribution >= 0.6 is 11.6 Å². The number of likely N-dealkylation sites (N-methyl/N-ethyl adjacent to an activating group) is 1. The summed E-state index contributed by atoms with van der Waals surface area (Å²) < 4.78 is 0. The van der Waals surface area contributed by atoms with Crippen LogP contribution in [-0.4, -0.2) is 53.8 Å². The first-order valence-corrected chi connectivity index (χ1v) is 10.4. The Bertz CT molecular complexity index is 963. The van der Waals surface area contributed by atoms with Gasteiger partial charge in [0, 0.05) is 23.7 Å². The monoisotopic (exact) mass is 426 g/mol. The van der Waals surface area contributed by atoms with E-state index in [1.807, 2.05) is 43.3 Å². The molecule has 0 aliphatic carbocycles. The van der Waals surface area contributed by atoms with E-state index in [1.54, 1.807) is 29.2 Å². The minimum Gasteiger partial charge on any atom is -0.507 e. The van der Waals surface area contributed by atoms with E-state index in [1.165, 1.54) is 5.56 Å². The number of hydrogen-bond donors (Lipinski definition) is 1. The third kappa shape index (κ3) is 4.42. The number of carbonyl (C=O) groups excluding carboxylic acids is 2. The van der Waals surface area contributed by atoms with Crippen LogP contribution in [0.25, 0.3) is 5.76 Å². The summed E-state index contributed by atoms with van der Waals surface area (Å²) in [6.07, 6.45) is 0. The topological polar surface area (TPSA) is 60.9 Å². The third-order valence-electron chi connectivity index (χ3n) is 5.36. The molecule has 0 radical (unpaired) electrons. The van der Waals surface area contributed by atoms with Crippen molar-refractivity contribution in [2.24, 2.45) is 0 Å². The van der Waals surface area contributed by atoms with Gasteiger partial charge in [0.05, 0.1) is 11.6 Å². The highest BCUT2D eigenvalue weighted by atomic mass is 35.5. The van der Waals surface area contributed by atoms with Crippen molar-refractivity contribution in [2.75, 3.05) is 27.2 Å². The van der Waals surface area contributed by atoms with Gasteiger partial charge < -0.3 is 14.9 Å². The molecule has 0 spiro atoms. The second kappa shape index (κ2) is 9.02. The molecule has 0 bridgehead atoms. The Hall–Kier alpha value is -2.63. The minimum absolute atomic E-state index is 0.110. The molecule has 5 nitrogen and oxygen atoms in total. The number of aliphatic hydroxyl groups is 1. The van der Waals surface area contributed by atoms with Crippen molar-refractivity contribution < 1.29 is 14.7 Å². The number of ketones is 1. The maximum absolute atomic E-state index is 13.0. The van der Waals surface area contributed by atoms with Crippen LogP contribution in [0.2, 0.25) is 5.02 Å². The SMILES string of the molecule is CC(C)c1ccc([C@@H]2C(=C(O)c3ccc(Cl)cc3)C(=O)C(=O)N2CCN(C)C)cc1. The molecule has 1 fully saturated rings. The van der Waals surface area contributed by atoms with Crippen LogP contribution in [0.3, 0.4) is 0 Å². The maximum atomic E-state index is 13.0. The molecule has 2 aromatic rings. The van der Waals surface area contributed by atoms with Crippen LogP contribution < -0.4 is 0 Å². The zero-order valence-corrected chi connectivity index (χ0v) is 18.5. The Kier molecular flexibility index (Phi) is 6.64. The van der Waals surface area contributed by atoms with Crippen molar-refractivity contribution in [2.45, 2.75) is 25.8 Å². The molecule has 1 amide bonds. The molecule has 0 saturated carbocycles. The van der Waals surface area contributed by atoms with Crippen LogP contribution in [0.15, 0.2) is 54.1 Å². The number of Topliss-reactive ketones (excluding diaryl/α,β-unsaturated/α-hetero) is 1. The molecule has 1 saturated heterocycles. The van der Waals surface area contributed by atoms with Gasteiger partial charge in [-0.1, -0.05) is 49.7 Å². The molecule has 1 atom stereocenters. The lowest BCUT2D eigenvalue weighted by Crippen LogP contribution is -2.35. The van der Waals surface area contributed by atoms with Crippen LogP contribution in [-0.2, 0) is 9.59 Å². The predicted molar refractivity (Wildman–Crippen MR) is 120 cm³/mol. The van der Waals surface area contributed by atoms with Gasteiger partial charge in [0.2, 0.25) is 0 Å². The number of amides is 1. The molecule has 1 aliphatic heterocycles. The molecular weight excluding hydrogens is 400 g/mol. The highest BCUT2D eigenvalue weighted by Crippen LogP contribution is 2.39. The molecular formula is C24H27ClN2O3. The first-order valence-electron chi connectivity index (χ1n) is 9.99. The fraction of sp³-hybridized carbons (Fsp3) is 0.333. The number of aliphatic hydroxyl groups excluding tert-OH is 1. The molecule has 30 heavy (non-hydrogen) atoms. The van der Waals surface area contributed by atoms with E-state index in [4.69, 9.17) is 11.6 Å². The summed E-state index contributed by atoms with van der Waals surface area (Å²) in [5, 5.41) is 11.5. The molecule has 1 aliphatic rings. The lowest BCUT2D eigenvalue weighted by molar-refractivity contribution is -0.140. The van der Waals surface area contributed by atoms with Crippen LogP contribution in [0.4, 0.5) is 0 Å². The van der Waals surface area contributed by atoms with Crippen molar-refractivity contribution in [1.29, 1.82) is 0 Å². The predicted octanol–water partition coefficient (Wildman–Crippen LogP) is 4.45. The highest BCUT2D eigenvalue weighted by Gasteiger charge is 2.45. The number of nitrogens with zero attached hydrogens (tertiary/aromatic N) is 2. The lowest BCUT2D eigenvalue weighted by Gasteiger charge is -2.27. The molecule has 6 heteroatoms. The quantitative estimate of drug-likeness (QED) is 0.421. The van der Waals surface area contributed by atoms with E-state index in [0.29, 0.717) is 29.6 Å². The van der Waals surface area contributed by atoms with Crippen LogP contribution in [0, 0.1) is 0 Å². The summed E-state index contributed by atoms with van der Waals surface area (Å²) in [7, 11) is 3.83. The second-order valence-corrected chi connectivity index (χ2v) is 8.56. The van der Waals surface area contributed by atoms with E-state index in [-0.39, 0.29) is 11.3 Å². The summed E-state index contributed by atoms with van der Waals surface area (Å²) in [6.45, 7) is 5.21. The van der Waals surface area contributed by atoms with Crippen LogP contribution in [0.5, 0.6) is 0 Å². The Morgan fingerprint density at radius 1 is 1.07 bits per heavy atom. The largest absolute Gasteiger partial charge is 0.507 e. The first kappa shape index (κ1) is 22.1. The van der Waals surface area contributed by atoms with Crippen molar-refractivity contribution in [1.82, 2.24) is 9.80 Å². The van der Waals surface area contributed by atoms with E-state index >= 15 is 0 Å². The van der Waals surface area contributed by atoms with E-state index < -0.39 is 17.7 Å². The number of likely N-dealkylation sites (tertiary alicyclic amines) is 1. The Labute approximate surface area is 182 Å². The zero-order chi connectivity index (χ0) is 22.0. The van der Waals surface area contributed by atoms with E-state index in [0.717, 1.165) is 5.56 Å². The molecule has 1 heterocycles. The number of benzene rings is 2. The van der Waals surface area contributed by atoms with E-state index in [9.17, 15) is 14.7 Å². The summed E-state index contributed by atoms with van der Waals surface area (Å²) in [4.78, 5) is 29.3. The van der Waals surface area contributed by atoms with Gasteiger partial charge in [-0.15, -0.1) is 0 Å². The number of rotatable bonds is 6. The van der Waals surface area contributed by atoms with Crippen molar-refractivity contribution in [3.05, 3.63) is 75.8 Å². The van der Waals surface area contributed by atoms with Crippen LogP contribution in [0.1, 0.15) is 42.5 Å². The standard InChI is InChI=1S/C24H27ClN2O3/c1-15(2)16-5-7-17(8-6-16)21-20(22(28)18-9-11-19(25)12-10-18)23(29)24(30)27(21)14-13-26(3)4/h5-12,15,21,28H,13-14H2,1-4H3/t21-/m1/s1. The maximum Gasteiger partial charge on any atom is 0.295 e. The van der Waals surface area contributed by atoms with Gasteiger partial charge in [-0.25, -0.2) is 0 Å². The van der Waals surface area contributed by atoms with Crippen molar-refractivity contribution >= 4 is 29.1 Å². The fourth-order valence-electron chi connectivity index (χ4n) is 3.59. The van der Waals surface area contributed by atoms with Gasteiger partial charge in [0.1, 0.15) is 5.76 Å². The first-order chi connectivity index (χ1) is 14.2. The molecule has 1 N–H and O–H groups in total. The number of hydrogen-bond acceptors (Lipinski definition) is 4. The average Bonchev–Trinajstić information content (AvgIpc) is 2.97. The Morgan fingerprint density at radius 2 is 1.67 bits per heavy atom. The Balaban J connectivity index is 2.12. The van der Waals surface area contributed by atoms with Gasteiger partial charge in [0.25, 0.3) is 11.7 Å². The normalized spacial score (nSPS) is 18.6. The minimum atomic E-state index is -0.667. The van der Waals surface area contributed by atoms with Crippen molar-refractivity contribution in [3.63, 3.8) is 0 Å². The summed E-state index contributed by atoms with van der Waals surface area (Å²) in [6, 6.07) is 13.8. The molecule has 0 unspecified atom stereocenters. The zero-order valence-electron chi connectivity index (χ0n) is 17.7. The van der Waals surface area contributed by atoms with Gasteiger partial charge in [-0.05, 0) is 55.4 Å². The van der Waals surface area contributed by atoms with Gasteiger partial charge >= 0.3 is 0 Å². The van der Waals surface area contributed by atoms with Gasteiger partial charge in [-0.3, -0.25) is 9.59 Å². The lowest BCUT2D eigenvalue weighted by atomic mass is 9.93. The summed E-state index contributed by atoms with van der Waals surface area (Å²) in [5.74, 6) is -1.08. The highest BCUT2D eigenvalue weighted by molar-refractivity contribution is 6.46. The second-order valence-electron chi connectivity index (χ2n) is 8.12. The molecule has 2 aromatic carbocycles. The molecule has 0 aromatic heterocycles. The number of carbonyl (C=O) groups is 2. The smallest absolute Gasteiger partial charge is 0.295 e. The van der Waals surface area contributed by atoms with E-state index in [2.05, 4.69) is 13.8 Å². The molecule has 158 valence electrons. The Morgan fingerprint density at radius 3 is 2.20 bits per heavy atom. The summed E-state index contributed by atoms with van der Waals surface area (Å²) in [5.41, 5.74) is 2.53. The fourth-order valence-corrected chi connectivity index (χ4v) is 3.72. The number of halogens is 1. The van der Waals surface area contributed by atoms with Crippen molar-refractivity contribution in [3.8, 4) is 0 Å². The van der Waals surface area contributed by atoms with Gasteiger partial charge in [-0.2, -0.15) is 0 Å². The average molecular weight is 427 g/mol. The molecule has 3 rings (SSSR count). The van der Waals surface area contributed by atoms with Gasteiger partial charge in [0.15, 0.2) is 0 Å². The third-order valence-corrected chi connectivity index (χ3v) is 5.62. The summed E-state index contributed by atoms with van der Waals surface area (Å²) >= 11 is 5.96.